The summed E-state index contributed by atoms with van der Waals surface area (Å²) < 4.78 is 32.9. The van der Waals surface area contributed by atoms with Crippen molar-refractivity contribution in [1.29, 1.82) is 0 Å². The highest BCUT2D eigenvalue weighted by atomic mass is 79.9. The first-order valence-corrected chi connectivity index (χ1v) is 11.6. The molecule has 0 saturated heterocycles. The maximum absolute atomic E-state index is 15.1. The molecule has 0 fully saturated rings. The number of Topliss-reactive ketones (excluding diaryl/α,β-unsaturated/α-hetero) is 1. The highest BCUT2D eigenvalue weighted by molar-refractivity contribution is 9.10. The van der Waals surface area contributed by atoms with Gasteiger partial charge in [0.2, 0.25) is 0 Å². The van der Waals surface area contributed by atoms with Gasteiger partial charge < -0.3 is 14.2 Å². The first-order chi connectivity index (χ1) is 15.0. The summed E-state index contributed by atoms with van der Waals surface area (Å²) in [5.41, 5.74) is 4.66. The lowest BCUT2D eigenvalue weighted by atomic mass is 9.87. The van der Waals surface area contributed by atoms with Crippen molar-refractivity contribution in [3.8, 4) is 16.9 Å². The van der Waals surface area contributed by atoms with Crippen molar-refractivity contribution in [2.45, 2.75) is 66.1 Å². The first-order valence-electron chi connectivity index (χ1n) is 10.8. The number of aryl methyl sites for hydroxylation is 2. The van der Waals surface area contributed by atoms with Crippen LogP contribution in [0.5, 0.6) is 5.75 Å². The summed E-state index contributed by atoms with van der Waals surface area (Å²) >= 11 is 3.68. The normalized spacial score (nSPS) is 14.7. The van der Waals surface area contributed by atoms with E-state index < -0.39 is 17.5 Å². The van der Waals surface area contributed by atoms with Gasteiger partial charge in [0.1, 0.15) is 12.7 Å². The Morgan fingerprint density at radius 3 is 2.59 bits per heavy atom. The van der Waals surface area contributed by atoms with Crippen LogP contribution >= 0.6 is 15.9 Å². The zero-order chi connectivity index (χ0) is 23.8. The summed E-state index contributed by atoms with van der Waals surface area (Å²) in [5.74, 6) is -0.291. The average Bonchev–Trinajstić information content (AvgIpc) is 2.71. The third-order valence-corrected chi connectivity index (χ3v) is 6.52. The number of hydrogen-bond acceptors (Lipinski definition) is 5. The number of pyridine rings is 1. The third kappa shape index (κ3) is 4.90. The fourth-order valence-corrected chi connectivity index (χ4v) is 4.72. The number of halogens is 2. The number of rotatable bonds is 6. The van der Waals surface area contributed by atoms with Crippen LogP contribution < -0.4 is 4.74 Å². The number of ketones is 1. The number of methoxy groups -OCH3 is 1. The van der Waals surface area contributed by atoms with Gasteiger partial charge in [0.15, 0.2) is 17.3 Å². The molecule has 0 N–H and O–H groups in total. The summed E-state index contributed by atoms with van der Waals surface area (Å²) in [4.78, 5) is 17.8. The van der Waals surface area contributed by atoms with E-state index >= 15 is 4.39 Å². The van der Waals surface area contributed by atoms with Gasteiger partial charge in [-0.25, -0.2) is 4.39 Å². The number of aromatic nitrogens is 1. The summed E-state index contributed by atoms with van der Waals surface area (Å²) in [6.07, 6.45) is 0.664. The minimum absolute atomic E-state index is 0.101. The molecule has 0 radical (unpaired) electrons. The molecule has 0 spiro atoms. The SMILES string of the molecule is COCC(=O)[C@@H](OC(C)(C)C)c1c(C)nc(C)c(Br)c1-c1cc(F)c2c(c1C)CCCO2. The second kappa shape index (κ2) is 9.57. The third-order valence-electron chi connectivity index (χ3n) is 5.55. The molecule has 5 nitrogen and oxygen atoms in total. The predicted molar refractivity (Wildman–Crippen MR) is 126 cm³/mol. The molecule has 1 atom stereocenters. The van der Waals surface area contributed by atoms with Crippen molar-refractivity contribution in [3.05, 3.63) is 44.4 Å². The predicted octanol–water partition coefficient (Wildman–Crippen LogP) is 5.97. The second-order valence-electron chi connectivity index (χ2n) is 9.19. The number of hydrogen-bond donors (Lipinski definition) is 0. The van der Waals surface area contributed by atoms with E-state index in [1.54, 1.807) is 0 Å². The molecular weight excluding hydrogens is 477 g/mol. The van der Waals surface area contributed by atoms with E-state index in [0.29, 0.717) is 33.6 Å². The number of benzene rings is 1. The molecule has 7 heteroatoms. The molecule has 1 aromatic carbocycles. The van der Waals surface area contributed by atoms with Gasteiger partial charge >= 0.3 is 0 Å². The molecule has 0 unspecified atom stereocenters. The van der Waals surface area contributed by atoms with Crippen molar-refractivity contribution in [1.82, 2.24) is 4.98 Å². The van der Waals surface area contributed by atoms with Crippen LogP contribution in [-0.2, 0) is 20.7 Å². The molecule has 0 amide bonds. The average molecular weight is 508 g/mol. The summed E-state index contributed by atoms with van der Waals surface area (Å²) in [7, 11) is 1.48. The van der Waals surface area contributed by atoms with E-state index in [2.05, 4.69) is 20.9 Å². The van der Waals surface area contributed by atoms with Gasteiger partial charge in [0.25, 0.3) is 0 Å². The van der Waals surface area contributed by atoms with Crippen molar-refractivity contribution in [3.63, 3.8) is 0 Å². The van der Waals surface area contributed by atoms with Crippen LogP contribution in [0.3, 0.4) is 0 Å². The molecule has 0 aliphatic carbocycles. The van der Waals surface area contributed by atoms with Crippen LogP contribution in [-0.4, -0.2) is 36.7 Å². The van der Waals surface area contributed by atoms with E-state index in [0.717, 1.165) is 35.2 Å². The molecule has 2 heterocycles. The van der Waals surface area contributed by atoms with Crippen LogP contribution in [0.2, 0.25) is 0 Å². The van der Waals surface area contributed by atoms with Crippen molar-refractivity contribution in [2.75, 3.05) is 20.3 Å². The van der Waals surface area contributed by atoms with E-state index in [9.17, 15) is 4.79 Å². The molecule has 2 aromatic rings. The quantitative estimate of drug-likeness (QED) is 0.481. The summed E-state index contributed by atoms with van der Waals surface area (Å²) in [5, 5.41) is 0. The number of ether oxygens (including phenoxy) is 3. The van der Waals surface area contributed by atoms with Crippen LogP contribution in [0.25, 0.3) is 11.1 Å². The van der Waals surface area contributed by atoms with E-state index in [4.69, 9.17) is 14.2 Å². The van der Waals surface area contributed by atoms with E-state index in [1.165, 1.54) is 13.2 Å². The van der Waals surface area contributed by atoms with Crippen molar-refractivity contribution < 1.29 is 23.4 Å². The Kier molecular flexibility index (Phi) is 7.42. The molecule has 32 heavy (non-hydrogen) atoms. The van der Waals surface area contributed by atoms with Gasteiger partial charge in [0.05, 0.1) is 17.9 Å². The summed E-state index contributed by atoms with van der Waals surface area (Å²) in [6.45, 7) is 11.8. The lowest BCUT2D eigenvalue weighted by Crippen LogP contribution is -2.30. The highest BCUT2D eigenvalue weighted by Gasteiger charge is 2.34. The van der Waals surface area contributed by atoms with Gasteiger partial charge in [-0.1, -0.05) is 0 Å². The van der Waals surface area contributed by atoms with E-state index in [-0.39, 0.29) is 12.4 Å². The monoisotopic (exact) mass is 507 g/mol. The zero-order valence-electron chi connectivity index (χ0n) is 19.8. The largest absolute Gasteiger partial charge is 0.490 e. The molecule has 0 saturated carbocycles. The Morgan fingerprint density at radius 1 is 1.28 bits per heavy atom. The topological polar surface area (TPSA) is 57.7 Å². The second-order valence-corrected chi connectivity index (χ2v) is 9.98. The Balaban J connectivity index is 2.35. The number of fused-ring (bicyclic) bond motifs is 1. The minimum atomic E-state index is -0.913. The molecule has 1 aliphatic heterocycles. The molecule has 3 rings (SSSR count). The maximum atomic E-state index is 15.1. The fourth-order valence-electron chi connectivity index (χ4n) is 4.20. The standard InChI is InChI=1S/C25H31BrFNO4/c1-13-16-9-8-10-31-23(16)18(27)11-17(13)21-20(14(2)28-15(3)22(21)26)24(19(29)12-30-7)32-25(4,5)6/h11,24H,8-10,12H2,1-7H3/t24-/m1/s1. The van der Waals surface area contributed by atoms with E-state index in [1.807, 2.05) is 41.5 Å². The highest BCUT2D eigenvalue weighted by Crippen LogP contribution is 2.45. The van der Waals surface area contributed by atoms with Crippen LogP contribution in [0.4, 0.5) is 4.39 Å². The maximum Gasteiger partial charge on any atom is 0.191 e. The minimum Gasteiger partial charge on any atom is -0.490 e. The van der Waals surface area contributed by atoms with Crippen LogP contribution in [0, 0.1) is 26.6 Å². The molecule has 174 valence electrons. The van der Waals surface area contributed by atoms with Gasteiger partial charge in [-0.3, -0.25) is 9.78 Å². The van der Waals surface area contributed by atoms with Crippen molar-refractivity contribution >= 4 is 21.7 Å². The summed E-state index contributed by atoms with van der Waals surface area (Å²) in [6, 6.07) is 1.50. The van der Waals surface area contributed by atoms with Gasteiger partial charge in [-0.15, -0.1) is 0 Å². The Labute approximate surface area is 197 Å². The van der Waals surface area contributed by atoms with Crippen molar-refractivity contribution in [2.24, 2.45) is 0 Å². The molecule has 1 aromatic heterocycles. The van der Waals surface area contributed by atoms with Gasteiger partial charge in [-0.05, 0) is 87.5 Å². The van der Waals surface area contributed by atoms with Gasteiger partial charge in [-0.2, -0.15) is 0 Å². The number of carbonyl (C=O) groups is 1. The smallest absolute Gasteiger partial charge is 0.191 e. The number of carbonyl (C=O) groups excluding carboxylic acids is 1. The molecular formula is C25H31BrFNO4. The van der Waals surface area contributed by atoms with Crippen LogP contribution in [0.15, 0.2) is 10.5 Å². The fraction of sp³-hybridized carbons (Fsp3) is 0.520. The Bertz CT molecular complexity index is 1050. The molecule has 0 bridgehead atoms. The lowest BCUT2D eigenvalue weighted by Gasteiger charge is -2.30. The first kappa shape index (κ1) is 24.8. The Hall–Kier alpha value is -1.83. The Morgan fingerprint density at radius 2 is 1.97 bits per heavy atom. The molecule has 1 aliphatic rings. The van der Waals surface area contributed by atoms with Gasteiger partial charge in [0, 0.05) is 34.0 Å². The number of nitrogens with zero attached hydrogens (tertiary/aromatic N) is 1. The van der Waals surface area contributed by atoms with Crippen LogP contribution in [0.1, 0.15) is 61.4 Å². The lowest BCUT2D eigenvalue weighted by molar-refractivity contribution is -0.144. The zero-order valence-corrected chi connectivity index (χ0v) is 21.4.